The molecule has 3 rings (SSSR count). The molecule has 1 amide bonds. The van der Waals surface area contributed by atoms with Crippen LogP contribution in [0.4, 0.5) is 0 Å². The summed E-state index contributed by atoms with van der Waals surface area (Å²) in [4.78, 5) is 24.2. The second-order valence-electron chi connectivity index (χ2n) is 7.75. The van der Waals surface area contributed by atoms with Crippen molar-refractivity contribution in [3.05, 3.63) is 69.9 Å². The summed E-state index contributed by atoms with van der Waals surface area (Å²) in [5.74, 6) is 1.25. The minimum atomic E-state index is -0.239. The van der Waals surface area contributed by atoms with Crippen LogP contribution in [0.15, 0.2) is 34.7 Å². The average Bonchev–Trinajstić information content (AvgIpc) is 3.23. The Kier molecular flexibility index (Phi) is 6.63. The van der Waals surface area contributed by atoms with Gasteiger partial charge >= 0.3 is 5.97 Å². The number of hydrogen-bond acceptors (Lipinski definition) is 5. The van der Waals surface area contributed by atoms with E-state index >= 15 is 0 Å². The summed E-state index contributed by atoms with van der Waals surface area (Å²) in [6, 6.07) is 9.11. The van der Waals surface area contributed by atoms with Crippen molar-refractivity contribution < 1.29 is 18.7 Å². The highest BCUT2D eigenvalue weighted by Gasteiger charge is 2.17. The van der Waals surface area contributed by atoms with Gasteiger partial charge in [0.1, 0.15) is 11.5 Å². The van der Waals surface area contributed by atoms with Crippen molar-refractivity contribution in [2.75, 3.05) is 7.11 Å². The van der Waals surface area contributed by atoms with Crippen LogP contribution >= 0.6 is 0 Å². The molecule has 0 bridgehead atoms. The van der Waals surface area contributed by atoms with Crippen LogP contribution in [-0.4, -0.2) is 28.8 Å². The van der Waals surface area contributed by atoms with E-state index in [0.717, 1.165) is 39.7 Å². The topological polar surface area (TPSA) is 86.4 Å². The van der Waals surface area contributed by atoms with Crippen molar-refractivity contribution in [3.8, 4) is 5.69 Å². The summed E-state index contributed by atoms with van der Waals surface area (Å²) in [5, 5.41) is 7.63. The number of hydrogen-bond donors (Lipinski definition) is 1. The summed E-state index contributed by atoms with van der Waals surface area (Å²) < 4.78 is 12.1. The Morgan fingerprint density at radius 1 is 1.16 bits per heavy atom. The molecule has 164 valence electrons. The van der Waals surface area contributed by atoms with Crippen LogP contribution in [0.25, 0.3) is 5.69 Å². The molecular weight excluding hydrogens is 394 g/mol. The van der Waals surface area contributed by atoms with Gasteiger partial charge in [-0.05, 0) is 76.9 Å². The molecule has 0 aliphatic rings. The maximum Gasteiger partial charge on any atom is 0.305 e. The van der Waals surface area contributed by atoms with Crippen LogP contribution in [0.3, 0.4) is 0 Å². The molecule has 0 spiro atoms. The van der Waals surface area contributed by atoms with Crippen molar-refractivity contribution in [2.24, 2.45) is 0 Å². The average molecular weight is 424 g/mol. The zero-order chi connectivity index (χ0) is 22.7. The summed E-state index contributed by atoms with van der Waals surface area (Å²) in [6.07, 6.45) is 0.895. The molecule has 3 aromatic rings. The molecule has 0 aliphatic carbocycles. The van der Waals surface area contributed by atoms with Gasteiger partial charge in [0.25, 0.3) is 5.91 Å². The number of esters is 1. The van der Waals surface area contributed by atoms with E-state index in [1.807, 2.05) is 57.5 Å². The Morgan fingerprint density at radius 3 is 2.42 bits per heavy atom. The Bertz CT molecular complexity index is 1090. The van der Waals surface area contributed by atoms with Gasteiger partial charge in [-0.2, -0.15) is 5.10 Å². The largest absolute Gasteiger partial charge is 0.469 e. The fourth-order valence-electron chi connectivity index (χ4n) is 3.81. The lowest BCUT2D eigenvalue weighted by Gasteiger charge is -2.13. The van der Waals surface area contributed by atoms with Crippen molar-refractivity contribution in [3.63, 3.8) is 0 Å². The van der Waals surface area contributed by atoms with Crippen LogP contribution in [0.5, 0.6) is 0 Å². The van der Waals surface area contributed by atoms with Gasteiger partial charge in [-0.25, -0.2) is 4.68 Å². The third-order valence-electron chi connectivity index (χ3n) is 5.52. The van der Waals surface area contributed by atoms with Gasteiger partial charge in [0, 0.05) is 23.2 Å². The first-order valence-corrected chi connectivity index (χ1v) is 10.3. The third kappa shape index (κ3) is 4.87. The number of ether oxygens (including phenoxy) is 1. The van der Waals surface area contributed by atoms with Gasteiger partial charge in [-0.3, -0.25) is 9.59 Å². The van der Waals surface area contributed by atoms with Gasteiger partial charge in [0.15, 0.2) is 0 Å². The van der Waals surface area contributed by atoms with Gasteiger partial charge in [-0.1, -0.05) is 0 Å². The minimum Gasteiger partial charge on any atom is -0.469 e. The smallest absolute Gasteiger partial charge is 0.305 e. The predicted molar refractivity (Wildman–Crippen MR) is 117 cm³/mol. The first-order valence-electron chi connectivity index (χ1n) is 10.3. The summed E-state index contributed by atoms with van der Waals surface area (Å²) >= 11 is 0. The van der Waals surface area contributed by atoms with Gasteiger partial charge in [0.2, 0.25) is 0 Å². The van der Waals surface area contributed by atoms with Gasteiger partial charge in [0.05, 0.1) is 24.5 Å². The lowest BCUT2D eigenvalue weighted by Crippen LogP contribution is -2.26. The molecule has 7 heteroatoms. The van der Waals surface area contributed by atoms with E-state index in [-0.39, 0.29) is 17.9 Å². The highest BCUT2D eigenvalue weighted by atomic mass is 16.5. The van der Waals surface area contributed by atoms with Crippen molar-refractivity contribution in [2.45, 2.75) is 53.5 Å². The van der Waals surface area contributed by atoms with Crippen LogP contribution in [0.1, 0.15) is 63.8 Å². The standard InChI is InChI=1S/C24H29N3O4/c1-14-13-22(18(5)31-14)15(2)25-24(29)19-7-9-20(10-8-19)27-17(4)21(16(3)26-27)11-12-23(28)30-6/h7-10,13,15H,11-12H2,1-6H3,(H,25,29). The van der Waals surface area contributed by atoms with Gasteiger partial charge < -0.3 is 14.5 Å². The molecule has 0 aliphatic heterocycles. The van der Waals surface area contributed by atoms with Crippen molar-refractivity contribution >= 4 is 11.9 Å². The maximum absolute atomic E-state index is 12.7. The molecular formula is C24H29N3O4. The molecule has 0 radical (unpaired) electrons. The first kappa shape index (κ1) is 22.3. The maximum atomic E-state index is 12.7. The number of nitrogens with one attached hydrogen (secondary N) is 1. The van der Waals surface area contributed by atoms with E-state index in [0.29, 0.717) is 18.4 Å². The number of aryl methyl sites for hydroxylation is 3. The molecule has 1 unspecified atom stereocenters. The zero-order valence-electron chi connectivity index (χ0n) is 18.9. The zero-order valence-corrected chi connectivity index (χ0v) is 18.9. The normalized spacial score (nSPS) is 11.9. The quantitative estimate of drug-likeness (QED) is 0.573. The molecule has 7 nitrogen and oxygen atoms in total. The van der Waals surface area contributed by atoms with E-state index in [1.54, 1.807) is 12.1 Å². The number of carbonyl (C=O) groups excluding carboxylic acids is 2. The van der Waals surface area contributed by atoms with Crippen molar-refractivity contribution in [1.82, 2.24) is 15.1 Å². The Morgan fingerprint density at radius 2 is 1.84 bits per heavy atom. The molecule has 2 heterocycles. The molecule has 2 aromatic heterocycles. The molecule has 1 N–H and O–H groups in total. The molecule has 1 aromatic carbocycles. The fraction of sp³-hybridized carbons (Fsp3) is 0.375. The molecule has 0 fully saturated rings. The Balaban J connectivity index is 1.73. The summed E-state index contributed by atoms with van der Waals surface area (Å²) in [6.45, 7) is 9.63. The van der Waals surface area contributed by atoms with Crippen LogP contribution in [-0.2, 0) is 16.0 Å². The SMILES string of the molecule is COC(=O)CCc1c(C)nn(-c2ccc(C(=O)NC(C)c3cc(C)oc3C)cc2)c1C. The van der Waals surface area contributed by atoms with E-state index in [4.69, 9.17) is 9.15 Å². The van der Waals surface area contributed by atoms with Crippen LogP contribution < -0.4 is 5.32 Å². The lowest BCUT2D eigenvalue weighted by atomic mass is 10.1. The molecule has 0 saturated carbocycles. The number of aromatic nitrogens is 2. The number of benzene rings is 1. The predicted octanol–water partition coefficient (Wildman–Crippen LogP) is 4.30. The Hall–Kier alpha value is -3.35. The molecule has 31 heavy (non-hydrogen) atoms. The number of furan rings is 1. The molecule has 0 saturated heterocycles. The highest BCUT2D eigenvalue weighted by Crippen LogP contribution is 2.23. The van der Waals surface area contributed by atoms with E-state index in [2.05, 4.69) is 10.4 Å². The fourth-order valence-corrected chi connectivity index (χ4v) is 3.81. The van der Waals surface area contributed by atoms with E-state index in [9.17, 15) is 9.59 Å². The molecule has 1 atom stereocenters. The summed E-state index contributed by atoms with van der Waals surface area (Å²) in [7, 11) is 1.39. The monoisotopic (exact) mass is 423 g/mol. The van der Waals surface area contributed by atoms with Crippen LogP contribution in [0, 0.1) is 27.7 Å². The minimum absolute atomic E-state index is 0.149. The number of carbonyl (C=O) groups is 2. The van der Waals surface area contributed by atoms with Gasteiger partial charge in [-0.15, -0.1) is 0 Å². The third-order valence-corrected chi connectivity index (χ3v) is 5.52. The van der Waals surface area contributed by atoms with Crippen LogP contribution in [0.2, 0.25) is 0 Å². The number of rotatable bonds is 7. The van der Waals surface area contributed by atoms with Crippen molar-refractivity contribution in [1.29, 1.82) is 0 Å². The lowest BCUT2D eigenvalue weighted by molar-refractivity contribution is -0.140. The second kappa shape index (κ2) is 9.20. The first-order chi connectivity index (χ1) is 14.7. The Labute approximate surface area is 182 Å². The summed E-state index contributed by atoms with van der Waals surface area (Å²) in [5.41, 5.74) is 5.29. The number of nitrogens with zero attached hydrogens (tertiary/aromatic N) is 2. The number of amides is 1. The number of methoxy groups -OCH3 is 1. The van der Waals surface area contributed by atoms with E-state index < -0.39 is 0 Å². The second-order valence-corrected chi connectivity index (χ2v) is 7.75. The van der Waals surface area contributed by atoms with E-state index in [1.165, 1.54) is 7.11 Å². The highest BCUT2D eigenvalue weighted by molar-refractivity contribution is 5.94.